The summed E-state index contributed by atoms with van der Waals surface area (Å²) in [4.78, 5) is 16.8. The van der Waals surface area contributed by atoms with Crippen LogP contribution in [0.1, 0.15) is 40.0 Å². The van der Waals surface area contributed by atoms with Gasteiger partial charge in [-0.3, -0.25) is 14.6 Å². The minimum Gasteiger partial charge on any atom is -0.395 e. The van der Waals surface area contributed by atoms with Crippen molar-refractivity contribution in [2.24, 2.45) is 0 Å². The van der Waals surface area contributed by atoms with Crippen LogP contribution in [0.2, 0.25) is 0 Å². The lowest BCUT2D eigenvalue weighted by Gasteiger charge is -2.28. The number of β-amino-alcohol motifs (C(OH)–C–C–N with tert-alkyl or cyclic N) is 1. The highest BCUT2D eigenvalue weighted by Crippen LogP contribution is 2.08. The Morgan fingerprint density at radius 1 is 1.20 bits per heavy atom. The van der Waals surface area contributed by atoms with Gasteiger partial charge in [-0.15, -0.1) is 0 Å². The predicted molar refractivity (Wildman–Crippen MR) is 81.7 cm³/mol. The number of hydrogen-bond acceptors (Lipinski definition) is 4. The summed E-state index contributed by atoms with van der Waals surface area (Å²) >= 11 is 0. The van der Waals surface area contributed by atoms with Crippen molar-refractivity contribution in [1.29, 1.82) is 0 Å². The fourth-order valence-corrected chi connectivity index (χ4v) is 2.72. The molecule has 2 N–H and O–H groups in total. The molecule has 1 amide bonds. The van der Waals surface area contributed by atoms with Gasteiger partial charge in [-0.25, -0.2) is 0 Å². The zero-order valence-electron chi connectivity index (χ0n) is 13.3. The molecule has 0 aromatic carbocycles. The second-order valence-corrected chi connectivity index (χ2v) is 5.65. The molecule has 1 heterocycles. The maximum atomic E-state index is 12.3. The van der Waals surface area contributed by atoms with Crippen molar-refractivity contribution in [2.45, 2.75) is 52.1 Å². The van der Waals surface area contributed by atoms with E-state index in [0.717, 1.165) is 52.0 Å². The van der Waals surface area contributed by atoms with E-state index in [4.69, 9.17) is 5.11 Å². The van der Waals surface area contributed by atoms with Crippen LogP contribution in [-0.4, -0.2) is 72.2 Å². The second-order valence-electron chi connectivity index (χ2n) is 5.65. The molecule has 5 nitrogen and oxygen atoms in total. The standard InChI is InChI=1S/C15H31N3O2/c1-4-14(5-2)16-15(20)13(3)18-8-6-7-17(9-10-18)11-12-19/h13-14,19H,4-12H2,1-3H3,(H,16,20). The average Bonchev–Trinajstić information content (AvgIpc) is 2.69. The summed E-state index contributed by atoms with van der Waals surface area (Å²) in [6.07, 6.45) is 3.03. The molecule has 1 rings (SSSR count). The van der Waals surface area contributed by atoms with E-state index in [1.807, 2.05) is 6.92 Å². The molecule has 1 atom stereocenters. The van der Waals surface area contributed by atoms with Crippen molar-refractivity contribution in [1.82, 2.24) is 15.1 Å². The van der Waals surface area contributed by atoms with Gasteiger partial charge in [0.15, 0.2) is 0 Å². The average molecular weight is 285 g/mol. The van der Waals surface area contributed by atoms with Gasteiger partial charge in [-0.2, -0.15) is 0 Å². The monoisotopic (exact) mass is 285 g/mol. The van der Waals surface area contributed by atoms with Crippen molar-refractivity contribution in [3.63, 3.8) is 0 Å². The molecular weight excluding hydrogens is 254 g/mol. The van der Waals surface area contributed by atoms with Crippen molar-refractivity contribution in [3.05, 3.63) is 0 Å². The zero-order chi connectivity index (χ0) is 15.0. The van der Waals surface area contributed by atoms with Gasteiger partial charge in [0, 0.05) is 32.2 Å². The van der Waals surface area contributed by atoms with Crippen LogP contribution in [0.5, 0.6) is 0 Å². The molecule has 0 radical (unpaired) electrons. The Kier molecular flexibility index (Phi) is 8.11. The molecule has 1 unspecified atom stereocenters. The molecular formula is C15H31N3O2. The quantitative estimate of drug-likeness (QED) is 0.722. The van der Waals surface area contributed by atoms with Crippen LogP contribution >= 0.6 is 0 Å². The third-order valence-corrected chi connectivity index (χ3v) is 4.30. The molecule has 0 spiro atoms. The number of nitrogens with one attached hydrogen (secondary N) is 1. The van der Waals surface area contributed by atoms with Crippen molar-refractivity contribution in [2.75, 3.05) is 39.3 Å². The zero-order valence-corrected chi connectivity index (χ0v) is 13.3. The van der Waals surface area contributed by atoms with E-state index in [-0.39, 0.29) is 18.6 Å². The molecule has 1 saturated heterocycles. The number of amides is 1. The number of aliphatic hydroxyl groups excluding tert-OH is 1. The number of carbonyl (C=O) groups excluding carboxylic acids is 1. The first-order valence-corrected chi connectivity index (χ1v) is 8.00. The molecule has 1 aliphatic rings. The second kappa shape index (κ2) is 9.32. The van der Waals surface area contributed by atoms with Gasteiger partial charge in [0.2, 0.25) is 5.91 Å². The van der Waals surface area contributed by atoms with Gasteiger partial charge in [0.1, 0.15) is 0 Å². The molecule has 1 aliphatic heterocycles. The van der Waals surface area contributed by atoms with Crippen molar-refractivity contribution >= 4 is 5.91 Å². The Balaban J connectivity index is 2.45. The summed E-state index contributed by atoms with van der Waals surface area (Å²) in [5, 5.41) is 12.1. The van der Waals surface area contributed by atoms with Crippen LogP contribution in [0.4, 0.5) is 0 Å². The highest BCUT2D eigenvalue weighted by Gasteiger charge is 2.24. The van der Waals surface area contributed by atoms with Crippen LogP contribution in [-0.2, 0) is 4.79 Å². The Hall–Kier alpha value is -0.650. The van der Waals surface area contributed by atoms with Crippen LogP contribution in [0.25, 0.3) is 0 Å². The van der Waals surface area contributed by atoms with Gasteiger partial charge < -0.3 is 10.4 Å². The Bertz CT molecular complexity index is 282. The van der Waals surface area contributed by atoms with E-state index < -0.39 is 0 Å². The highest BCUT2D eigenvalue weighted by atomic mass is 16.3. The maximum Gasteiger partial charge on any atom is 0.237 e. The smallest absolute Gasteiger partial charge is 0.237 e. The maximum absolute atomic E-state index is 12.3. The van der Waals surface area contributed by atoms with Crippen LogP contribution < -0.4 is 5.32 Å². The molecule has 5 heteroatoms. The first-order valence-electron chi connectivity index (χ1n) is 8.00. The van der Waals surface area contributed by atoms with E-state index in [0.29, 0.717) is 6.04 Å². The fourth-order valence-electron chi connectivity index (χ4n) is 2.72. The summed E-state index contributed by atoms with van der Waals surface area (Å²) in [7, 11) is 0. The van der Waals surface area contributed by atoms with Gasteiger partial charge in [0.05, 0.1) is 12.6 Å². The fraction of sp³-hybridized carbons (Fsp3) is 0.933. The van der Waals surface area contributed by atoms with Crippen molar-refractivity contribution in [3.8, 4) is 0 Å². The lowest BCUT2D eigenvalue weighted by molar-refractivity contribution is -0.126. The normalized spacial score (nSPS) is 19.9. The third kappa shape index (κ3) is 5.38. The number of rotatable bonds is 7. The largest absolute Gasteiger partial charge is 0.395 e. The number of aliphatic hydroxyl groups is 1. The molecule has 0 saturated carbocycles. The molecule has 0 aliphatic carbocycles. The molecule has 1 fully saturated rings. The summed E-state index contributed by atoms with van der Waals surface area (Å²) in [6, 6.07) is 0.229. The van der Waals surface area contributed by atoms with Crippen LogP contribution in [0.15, 0.2) is 0 Å². The van der Waals surface area contributed by atoms with Crippen LogP contribution in [0.3, 0.4) is 0 Å². The minimum absolute atomic E-state index is 0.0651. The first kappa shape index (κ1) is 17.4. The number of nitrogens with zero attached hydrogens (tertiary/aromatic N) is 2. The lowest BCUT2D eigenvalue weighted by Crippen LogP contribution is -2.49. The van der Waals surface area contributed by atoms with Crippen LogP contribution in [0, 0.1) is 0 Å². The van der Waals surface area contributed by atoms with Gasteiger partial charge in [0.25, 0.3) is 0 Å². The topological polar surface area (TPSA) is 55.8 Å². The number of carbonyl (C=O) groups is 1. The van der Waals surface area contributed by atoms with Gasteiger partial charge >= 0.3 is 0 Å². The lowest BCUT2D eigenvalue weighted by atomic mass is 10.1. The number of hydrogen-bond donors (Lipinski definition) is 2. The first-order chi connectivity index (χ1) is 9.62. The Morgan fingerprint density at radius 3 is 2.50 bits per heavy atom. The molecule has 118 valence electrons. The molecule has 0 bridgehead atoms. The Labute approximate surface area is 123 Å². The highest BCUT2D eigenvalue weighted by molar-refractivity contribution is 5.81. The third-order valence-electron chi connectivity index (χ3n) is 4.30. The van der Waals surface area contributed by atoms with Gasteiger partial charge in [-0.05, 0) is 32.7 Å². The SMILES string of the molecule is CCC(CC)NC(=O)C(C)N1CCCN(CCO)CC1. The molecule has 0 aromatic heterocycles. The molecule has 20 heavy (non-hydrogen) atoms. The Morgan fingerprint density at radius 2 is 1.90 bits per heavy atom. The van der Waals surface area contributed by atoms with Gasteiger partial charge in [-0.1, -0.05) is 13.8 Å². The van der Waals surface area contributed by atoms with E-state index >= 15 is 0 Å². The summed E-state index contributed by atoms with van der Waals surface area (Å²) in [5.41, 5.74) is 0. The minimum atomic E-state index is -0.0651. The summed E-state index contributed by atoms with van der Waals surface area (Å²) in [5.74, 6) is 0.148. The predicted octanol–water partition coefficient (Wildman–Crippen LogP) is 0.680. The van der Waals surface area contributed by atoms with Crippen molar-refractivity contribution < 1.29 is 9.90 Å². The van der Waals surface area contributed by atoms with E-state index in [1.165, 1.54) is 0 Å². The summed E-state index contributed by atoms with van der Waals surface area (Å²) < 4.78 is 0. The summed E-state index contributed by atoms with van der Waals surface area (Å²) in [6.45, 7) is 11.0. The molecule has 0 aromatic rings. The van der Waals surface area contributed by atoms with E-state index in [2.05, 4.69) is 29.0 Å². The van der Waals surface area contributed by atoms with E-state index in [9.17, 15) is 4.79 Å². The van der Waals surface area contributed by atoms with E-state index in [1.54, 1.807) is 0 Å².